The number of hydrogen-bond acceptors (Lipinski definition) is 3. The molecule has 1 aromatic heterocycles. The molecular formula is C17H15N3O2. The van der Waals surface area contributed by atoms with Crippen LogP contribution >= 0.6 is 0 Å². The minimum absolute atomic E-state index is 0.560. The van der Waals surface area contributed by atoms with Gasteiger partial charge in [0, 0.05) is 12.6 Å². The third kappa shape index (κ3) is 3.05. The van der Waals surface area contributed by atoms with Crippen LogP contribution in [0.15, 0.2) is 60.9 Å². The Balaban J connectivity index is 1.86. The van der Waals surface area contributed by atoms with Crippen molar-refractivity contribution >= 4 is 23.0 Å². The van der Waals surface area contributed by atoms with Crippen LogP contribution in [0.3, 0.4) is 0 Å². The van der Waals surface area contributed by atoms with Crippen LogP contribution < -0.4 is 5.48 Å². The Kier molecular flexibility index (Phi) is 3.98. The number of nitrogens with zero attached hydrogens (tertiary/aromatic N) is 2. The highest BCUT2D eigenvalue weighted by Crippen LogP contribution is 2.17. The Bertz CT molecular complexity index is 822. The van der Waals surface area contributed by atoms with E-state index in [1.165, 1.54) is 11.6 Å². The molecule has 3 rings (SSSR count). The first-order valence-electron chi connectivity index (χ1n) is 6.87. The van der Waals surface area contributed by atoms with Gasteiger partial charge >= 0.3 is 0 Å². The Morgan fingerprint density at radius 1 is 1.23 bits per heavy atom. The van der Waals surface area contributed by atoms with Gasteiger partial charge in [0.25, 0.3) is 5.91 Å². The van der Waals surface area contributed by atoms with Gasteiger partial charge in [-0.2, -0.15) is 0 Å². The second kappa shape index (κ2) is 6.24. The highest BCUT2D eigenvalue weighted by atomic mass is 16.5. The van der Waals surface area contributed by atoms with Crippen molar-refractivity contribution in [3.63, 3.8) is 0 Å². The van der Waals surface area contributed by atoms with Gasteiger partial charge in [0.1, 0.15) is 0 Å². The van der Waals surface area contributed by atoms with Crippen LogP contribution in [-0.4, -0.2) is 20.7 Å². The smallest absolute Gasteiger partial charge is 0.267 e. The average Bonchev–Trinajstić information content (AvgIpc) is 2.96. The zero-order valence-corrected chi connectivity index (χ0v) is 11.8. The summed E-state index contributed by atoms with van der Waals surface area (Å²) in [6.07, 6.45) is 4.70. The van der Waals surface area contributed by atoms with Crippen LogP contribution in [0, 0.1) is 0 Å². The number of aromatic nitrogens is 2. The number of nitrogens with one attached hydrogen (secondary N) is 1. The van der Waals surface area contributed by atoms with E-state index in [1.807, 2.05) is 42.7 Å². The van der Waals surface area contributed by atoms with Crippen molar-refractivity contribution in [2.45, 2.75) is 6.54 Å². The Labute approximate surface area is 127 Å². The first-order valence-corrected chi connectivity index (χ1v) is 6.87. The van der Waals surface area contributed by atoms with Crippen LogP contribution in [0.2, 0.25) is 0 Å². The van der Waals surface area contributed by atoms with Gasteiger partial charge in [-0.1, -0.05) is 36.4 Å². The van der Waals surface area contributed by atoms with Crippen molar-refractivity contribution in [3.05, 3.63) is 72.1 Å². The van der Waals surface area contributed by atoms with E-state index >= 15 is 0 Å². The predicted octanol–water partition coefficient (Wildman–Crippen LogP) is 2.60. The molecule has 0 aliphatic heterocycles. The Morgan fingerprint density at radius 2 is 2.05 bits per heavy atom. The second-order valence-corrected chi connectivity index (χ2v) is 4.92. The fourth-order valence-corrected chi connectivity index (χ4v) is 2.30. The van der Waals surface area contributed by atoms with Gasteiger partial charge in [0.05, 0.1) is 17.4 Å². The number of carbonyl (C=O) groups is 1. The van der Waals surface area contributed by atoms with E-state index in [9.17, 15) is 4.79 Å². The van der Waals surface area contributed by atoms with Crippen LogP contribution in [0.1, 0.15) is 11.1 Å². The Hall–Kier alpha value is -2.92. The lowest BCUT2D eigenvalue weighted by atomic mass is 10.1. The molecule has 0 spiro atoms. The standard InChI is InChI=1S/C17H15N3O2/c21-17(19-22)9-7-13-6-8-16-15(10-13)18-12-20(16)11-14-4-2-1-3-5-14/h1-10,12,22H,11H2,(H,19,21). The number of fused-ring (bicyclic) bond motifs is 1. The summed E-state index contributed by atoms with van der Waals surface area (Å²) in [4.78, 5) is 15.4. The quantitative estimate of drug-likeness (QED) is 0.441. The first kappa shape index (κ1) is 14.0. The maximum absolute atomic E-state index is 11.0. The highest BCUT2D eigenvalue weighted by molar-refractivity contribution is 5.91. The van der Waals surface area contributed by atoms with Crippen molar-refractivity contribution < 1.29 is 10.0 Å². The number of rotatable bonds is 4. The summed E-state index contributed by atoms with van der Waals surface area (Å²) in [5.41, 5.74) is 5.52. The lowest BCUT2D eigenvalue weighted by Gasteiger charge is -2.04. The molecule has 1 heterocycles. The molecule has 1 amide bonds. The molecule has 3 aromatic rings. The molecule has 0 atom stereocenters. The van der Waals surface area contributed by atoms with Gasteiger partial charge in [-0.25, -0.2) is 10.5 Å². The summed E-state index contributed by atoms with van der Waals surface area (Å²) in [6.45, 7) is 0.763. The van der Waals surface area contributed by atoms with Gasteiger partial charge in [0.2, 0.25) is 0 Å². The van der Waals surface area contributed by atoms with Gasteiger partial charge in [-0.3, -0.25) is 10.0 Å². The van der Waals surface area contributed by atoms with Crippen molar-refractivity contribution in [3.8, 4) is 0 Å². The third-order valence-electron chi connectivity index (χ3n) is 3.38. The lowest BCUT2D eigenvalue weighted by molar-refractivity contribution is -0.124. The van der Waals surface area contributed by atoms with E-state index in [2.05, 4.69) is 21.7 Å². The lowest BCUT2D eigenvalue weighted by Crippen LogP contribution is -2.14. The summed E-state index contributed by atoms with van der Waals surface area (Å²) in [5, 5.41) is 8.46. The van der Waals surface area contributed by atoms with E-state index in [4.69, 9.17) is 5.21 Å². The molecule has 110 valence electrons. The van der Waals surface area contributed by atoms with Crippen LogP contribution in [0.25, 0.3) is 17.1 Å². The van der Waals surface area contributed by atoms with E-state index in [0.717, 1.165) is 23.1 Å². The zero-order valence-electron chi connectivity index (χ0n) is 11.8. The summed E-state index contributed by atoms with van der Waals surface area (Å²) in [6, 6.07) is 16.0. The van der Waals surface area contributed by atoms with Gasteiger partial charge < -0.3 is 4.57 Å². The first-order chi connectivity index (χ1) is 10.8. The molecule has 0 fully saturated rings. The number of benzene rings is 2. The average molecular weight is 293 g/mol. The summed E-state index contributed by atoms with van der Waals surface area (Å²) >= 11 is 0. The van der Waals surface area contributed by atoms with Crippen molar-refractivity contribution in [2.75, 3.05) is 0 Å². The van der Waals surface area contributed by atoms with Crippen molar-refractivity contribution in [2.24, 2.45) is 0 Å². The molecule has 0 unspecified atom stereocenters. The third-order valence-corrected chi connectivity index (χ3v) is 3.38. The van der Waals surface area contributed by atoms with E-state index in [0.29, 0.717) is 0 Å². The van der Waals surface area contributed by atoms with Gasteiger partial charge in [-0.15, -0.1) is 0 Å². The number of carbonyl (C=O) groups excluding carboxylic acids is 1. The Morgan fingerprint density at radius 3 is 2.82 bits per heavy atom. The maximum atomic E-state index is 11.0. The molecule has 22 heavy (non-hydrogen) atoms. The van der Waals surface area contributed by atoms with Gasteiger partial charge in [-0.05, 0) is 29.3 Å². The predicted molar refractivity (Wildman–Crippen MR) is 84.2 cm³/mol. The topological polar surface area (TPSA) is 67.2 Å². The molecule has 5 nitrogen and oxygen atoms in total. The summed E-state index contributed by atoms with van der Waals surface area (Å²) in [5.74, 6) is -0.560. The van der Waals surface area contributed by atoms with Crippen molar-refractivity contribution in [1.29, 1.82) is 0 Å². The number of hydrogen-bond donors (Lipinski definition) is 2. The normalized spacial score (nSPS) is 11.1. The van der Waals surface area contributed by atoms with Crippen LogP contribution in [0.5, 0.6) is 0 Å². The second-order valence-electron chi connectivity index (χ2n) is 4.92. The molecule has 0 aliphatic rings. The van der Waals surface area contributed by atoms with Crippen LogP contribution in [-0.2, 0) is 11.3 Å². The molecule has 0 saturated heterocycles. The number of hydroxylamine groups is 1. The molecule has 0 radical (unpaired) electrons. The van der Waals surface area contributed by atoms with E-state index < -0.39 is 5.91 Å². The molecule has 0 saturated carbocycles. The van der Waals surface area contributed by atoms with Crippen molar-refractivity contribution in [1.82, 2.24) is 15.0 Å². The van der Waals surface area contributed by atoms with E-state index in [1.54, 1.807) is 11.6 Å². The largest absolute Gasteiger partial charge is 0.326 e. The molecule has 0 bridgehead atoms. The molecule has 0 aliphatic carbocycles. The zero-order chi connectivity index (χ0) is 15.4. The SMILES string of the molecule is O=C(C=Cc1ccc2c(c1)ncn2Cc1ccccc1)NO. The molecule has 5 heteroatoms. The number of imidazole rings is 1. The molecular weight excluding hydrogens is 278 g/mol. The molecule has 2 N–H and O–H groups in total. The molecule has 2 aromatic carbocycles. The summed E-state index contributed by atoms with van der Waals surface area (Å²) in [7, 11) is 0. The van der Waals surface area contributed by atoms with Crippen LogP contribution in [0.4, 0.5) is 0 Å². The van der Waals surface area contributed by atoms with E-state index in [-0.39, 0.29) is 0 Å². The fourth-order valence-electron chi connectivity index (χ4n) is 2.30. The number of amides is 1. The minimum Gasteiger partial charge on any atom is -0.326 e. The summed E-state index contributed by atoms with van der Waals surface area (Å²) < 4.78 is 2.08. The maximum Gasteiger partial charge on any atom is 0.267 e. The minimum atomic E-state index is -0.560. The highest BCUT2D eigenvalue weighted by Gasteiger charge is 2.03. The van der Waals surface area contributed by atoms with Gasteiger partial charge in [0.15, 0.2) is 0 Å². The fraction of sp³-hybridized carbons (Fsp3) is 0.0588. The monoisotopic (exact) mass is 293 g/mol.